The summed E-state index contributed by atoms with van der Waals surface area (Å²) in [5, 5.41) is 7.93. The number of nitrogen functional groups attached to an aromatic ring is 1. The molecule has 0 aliphatic heterocycles. The quantitative estimate of drug-likeness (QED) is 0.388. The van der Waals surface area contributed by atoms with Gasteiger partial charge in [-0.15, -0.1) is 11.3 Å². The van der Waals surface area contributed by atoms with Gasteiger partial charge in [-0.3, -0.25) is 14.4 Å². The molecule has 3 amide bonds. The van der Waals surface area contributed by atoms with E-state index < -0.39 is 23.5 Å². The van der Waals surface area contributed by atoms with Gasteiger partial charge < -0.3 is 22.1 Å². The van der Waals surface area contributed by atoms with Crippen LogP contribution < -0.4 is 22.1 Å². The van der Waals surface area contributed by atoms with Crippen molar-refractivity contribution in [1.82, 2.24) is 10.3 Å². The number of nitrogens with one attached hydrogen (secondary N) is 2. The van der Waals surface area contributed by atoms with Gasteiger partial charge in [-0.25, -0.2) is 4.98 Å². The van der Waals surface area contributed by atoms with Crippen LogP contribution in [0.1, 0.15) is 15.9 Å². The van der Waals surface area contributed by atoms with Crippen molar-refractivity contribution >= 4 is 60.5 Å². The predicted octanol–water partition coefficient (Wildman–Crippen LogP) is 3.28. The Hall–Kier alpha value is -3.00. The second-order valence-electron chi connectivity index (χ2n) is 6.58. The number of amides is 3. The number of carbonyl (C=O) groups is 3. The van der Waals surface area contributed by atoms with Gasteiger partial charge in [0.25, 0.3) is 5.91 Å². The highest BCUT2D eigenvalue weighted by atomic mass is 35.5. The Morgan fingerprint density at radius 1 is 1.19 bits per heavy atom. The normalized spacial score (nSPS) is 11.5. The number of nitrogens with zero attached hydrogens (tertiary/aromatic N) is 1. The second-order valence-corrected chi connectivity index (χ2v) is 8.43. The van der Waals surface area contributed by atoms with E-state index in [0.29, 0.717) is 21.4 Å². The van der Waals surface area contributed by atoms with Gasteiger partial charge in [0.05, 0.1) is 16.9 Å². The third kappa shape index (κ3) is 6.01. The van der Waals surface area contributed by atoms with Crippen molar-refractivity contribution in [1.29, 1.82) is 0 Å². The number of aromatic nitrogens is 1. The molecule has 160 valence electrons. The largest absolute Gasteiger partial charge is 0.375 e. The smallest absolute Gasteiger partial charge is 0.250 e. The van der Waals surface area contributed by atoms with Gasteiger partial charge in [-0.2, -0.15) is 0 Å². The number of carbonyl (C=O) groups excluding carboxylic acids is 3. The highest BCUT2D eigenvalue weighted by Gasteiger charge is 2.22. The lowest BCUT2D eigenvalue weighted by atomic mass is 10.0. The molecule has 3 rings (SSSR count). The lowest BCUT2D eigenvalue weighted by Crippen LogP contribution is -2.43. The molecule has 6 N–H and O–H groups in total. The fourth-order valence-corrected chi connectivity index (χ4v) is 3.92. The first kappa shape index (κ1) is 22.7. The summed E-state index contributed by atoms with van der Waals surface area (Å²) in [6.07, 6.45) is 0.203. The zero-order chi connectivity index (χ0) is 22.5. The van der Waals surface area contributed by atoms with Crippen LogP contribution in [0, 0.1) is 0 Å². The predicted molar refractivity (Wildman–Crippen MR) is 126 cm³/mol. The molecule has 1 aromatic heterocycles. The number of nitrogens with two attached hydrogens (primary N) is 2. The molecule has 2 atom stereocenters. The first-order valence-corrected chi connectivity index (χ1v) is 10.8. The van der Waals surface area contributed by atoms with Crippen LogP contribution in [-0.2, 0) is 11.2 Å². The molecular weight excluding hydrogens is 457 g/mol. The maximum absolute atomic E-state index is 12.9. The molecule has 0 aliphatic carbocycles. The minimum atomic E-state index is -0.901. The minimum absolute atomic E-state index is 0.108. The van der Waals surface area contributed by atoms with Gasteiger partial charge in [0, 0.05) is 22.4 Å². The summed E-state index contributed by atoms with van der Waals surface area (Å²) in [5.74, 6) is -1.23. The molecule has 0 spiro atoms. The van der Waals surface area contributed by atoms with Crippen molar-refractivity contribution in [2.75, 3.05) is 11.1 Å². The van der Waals surface area contributed by atoms with Crippen LogP contribution in [0.3, 0.4) is 0 Å². The molecule has 0 saturated carbocycles. The molecule has 31 heavy (non-hydrogen) atoms. The molecule has 11 heteroatoms. The van der Waals surface area contributed by atoms with E-state index in [0.717, 1.165) is 5.56 Å². The standard InChI is InChI=1S/C20H19ClN5O3PS/c21-12-3-1-2-10(6-12)7-15(26-20(29)30)18(28)24-14-5-4-11(8-13(14)17(22)27)16-9-31-19(23)25-16/h1-6,8-9,15H,7,30H2,(H2,22,27)(H2,23,25)(H,24,28)(H,26,29). The number of rotatable bonds is 7. The van der Waals surface area contributed by atoms with Crippen LogP contribution in [0.2, 0.25) is 5.02 Å². The third-order valence-corrected chi connectivity index (χ3v) is 5.40. The number of halogens is 1. The molecule has 2 unspecified atom stereocenters. The number of anilines is 2. The zero-order valence-electron chi connectivity index (χ0n) is 16.1. The van der Waals surface area contributed by atoms with Crippen LogP contribution in [0.4, 0.5) is 15.6 Å². The van der Waals surface area contributed by atoms with Crippen molar-refractivity contribution in [3.05, 3.63) is 64.0 Å². The first-order valence-electron chi connectivity index (χ1n) is 8.99. The van der Waals surface area contributed by atoms with E-state index in [4.69, 9.17) is 23.1 Å². The third-order valence-electron chi connectivity index (χ3n) is 4.32. The van der Waals surface area contributed by atoms with E-state index in [2.05, 4.69) is 15.6 Å². The average molecular weight is 476 g/mol. The van der Waals surface area contributed by atoms with E-state index >= 15 is 0 Å². The van der Waals surface area contributed by atoms with Crippen molar-refractivity contribution < 1.29 is 14.4 Å². The van der Waals surface area contributed by atoms with Gasteiger partial charge in [-0.1, -0.05) is 29.8 Å². The van der Waals surface area contributed by atoms with Gasteiger partial charge in [-0.05, 0) is 39.1 Å². The van der Waals surface area contributed by atoms with Crippen molar-refractivity contribution in [2.45, 2.75) is 12.5 Å². The Morgan fingerprint density at radius 2 is 1.97 bits per heavy atom. The lowest BCUT2D eigenvalue weighted by molar-refractivity contribution is -0.117. The number of primary amides is 1. The molecule has 0 aliphatic rings. The van der Waals surface area contributed by atoms with Crippen LogP contribution in [0.25, 0.3) is 11.3 Å². The number of benzene rings is 2. The Kier molecular flexibility index (Phi) is 7.22. The van der Waals surface area contributed by atoms with E-state index in [1.807, 2.05) is 9.24 Å². The van der Waals surface area contributed by atoms with Crippen LogP contribution in [0.5, 0.6) is 0 Å². The second kappa shape index (κ2) is 9.87. The first-order chi connectivity index (χ1) is 14.7. The molecule has 1 heterocycles. The highest BCUT2D eigenvalue weighted by Crippen LogP contribution is 2.27. The van der Waals surface area contributed by atoms with Gasteiger partial charge >= 0.3 is 0 Å². The highest BCUT2D eigenvalue weighted by molar-refractivity contribution is 7.39. The zero-order valence-corrected chi connectivity index (χ0v) is 18.8. The fourth-order valence-electron chi connectivity index (χ4n) is 2.94. The van der Waals surface area contributed by atoms with Crippen molar-refractivity contribution in [3.63, 3.8) is 0 Å². The lowest BCUT2D eigenvalue weighted by Gasteiger charge is -2.19. The maximum Gasteiger partial charge on any atom is 0.250 e. The molecule has 3 aromatic rings. The van der Waals surface area contributed by atoms with Gasteiger partial charge in [0.15, 0.2) is 5.13 Å². The summed E-state index contributed by atoms with van der Waals surface area (Å²) in [7, 11) is 1.97. The molecule has 0 fully saturated rings. The Labute approximate surface area is 189 Å². The summed E-state index contributed by atoms with van der Waals surface area (Å²) < 4.78 is 0. The van der Waals surface area contributed by atoms with E-state index in [-0.39, 0.29) is 17.7 Å². The Bertz CT molecular complexity index is 1150. The van der Waals surface area contributed by atoms with Crippen LogP contribution in [0.15, 0.2) is 47.8 Å². The molecular formula is C20H19ClN5O3PS. The number of thiazole rings is 1. The van der Waals surface area contributed by atoms with Gasteiger partial charge in [0.1, 0.15) is 6.04 Å². The number of hydrogen-bond acceptors (Lipinski definition) is 6. The monoisotopic (exact) mass is 475 g/mol. The average Bonchev–Trinajstić information content (AvgIpc) is 3.13. The summed E-state index contributed by atoms with van der Waals surface area (Å²) >= 11 is 7.28. The molecule has 0 bridgehead atoms. The van der Waals surface area contributed by atoms with Crippen molar-refractivity contribution in [2.24, 2.45) is 5.73 Å². The Balaban J connectivity index is 1.86. The summed E-state index contributed by atoms with van der Waals surface area (Å²) in [6, 6.07) is 10.9. The SMILES string of the molecule is NC(=O)c1cc(-c2csc(N)n2)ccc1NC(=O)C(Cc1cccc(Cl)c1)NC(=O)P. The van der Waals surface area contributed by atoms with E-state index in [1.54, 1.807) is 41.8 Å². The van der Waals surface area contributed by atoms with Gasteiger partial charge in [0.2, 0.25) is 11.6 Å². The minimum Gasteiger partial charge on any atom is -0.375 e. The fraction of sp³-hybridized carbons (Fsp3) is 0.100. The summed E-state index contributed by atoms with van der Waals surface area (Å²) in [6.45, 7) is 0. The Morgan fingerprint density at radius 3 is 2.58 bits per heavy atom. The molecule has 8 nitrogen and oxygen atoms in total. The topological polar surface area (TPSA) is 140 Å². The molecule has 2 aromatic carbocycles. The van der Waals surface area contributed by atoms with E-state index in [1.165, 1.54) is 17.4 Å². The summed E-state index contributed by atoms with van der Waals surface area (Å²) in [5.41, 5.74) is 13.1. The maximum atomic E-state index is 12.9. The van der Waals surface area contributed by atoms with Crippen LogP contribution in [-0.4, -0.2) is 28.5 Å². The number of hydrogen-bond donors (Lipinski definition) is 4. The molecule has 0 radical (unpaired) electrons. The van der Waals surface area contributed by atoms with Crippen molar-refractivity contribution in [3.8, 4) is 11.3 Å². The van der Waals surface area contributed by atoms with E-state index in [9.17, 15) is 14.4 Å². The summed E-state index contributed by atoms with van der Waals surface area (Å²) in [4.78, 5) is 40.7. The molecule has 0 saturated heterocycles. The van der Waals surface area contributed by atoms with Crippen LogP contribution >= 0.6 is 32.2 Å².